The summed E-state index contributed by atoms with van der Waals surface area (Å²) >= 11 is 0. The molecule has 0 bridgehead atoms. The second-order valence-electron chi connectivity index (χ2n) is 6.76. The van der Waals surface area contributed by atoms with Crippen LogP contribution in [0.1, 0.15) is 22.9 Å². The van der Waals surface area contributed by atoms with E-state index in [1.807, 2.05) is 28.2 Å². The van der Waals surface area contributed by atoms with Crippen LogP contribution in [0.15, 0.2) is 49.1 Å². The zero-order valence-electron chi connectivity index (χ0n) is 15.3. The highest BCUT2D eigenvalue weighted by Gasteiger charge is 2.31. The molecule has 26 heavy (non-hydrogen) atoms. The summed E-state index contributed by atoms with van der Waals surface area (Å²) in [6.45, 7) is 0. The van der Waals surface area contributed by atoms with Crippen LogP contribution in [0.2, 0.25) is 0 Å². The van der Waals surface area contributed by atoms with Gasteiger partial charge in [0.1, 0.15) is 30.0 Å². The molecule has 6 heteroatoms. The van der Waals surface area contributed by atoms with Crippen LogP contribution in [-0.2, 0) is 0 Å². The maximum absolute atomic E-state index is 6.29. The lowest BCUT2D eigenvalue weighted by atomic mass is 9.87. The second-order valence-corrected chi connectivity index (χ2v) is 6.76. The van der Waals surface area contributed by atoms with Gasteiger partial charge in [0.2, 0.25) is 0 Å². The minimum Gasteiger partial charge on any atom is -0.457 e. The molecule has 0 fully saturated rings. The number of aromatic nitrogens is 3. The van der Waals surface area contributed by atoms with Crippen LogP contribution in [0.3, 0.4) is 0 Å². The minimum atomic E-state index is -0.0795. The maximum Gasteiger partial charge on any atom is 0.144 e. The second kappa shape index (κ2) is 6.29. The quantitative estimate of drug-likeness (QED) is 0.567. The zero-order chi connectivity index (χ0) is 18.3. The molecule has 0 spiro atoms. The Bertz CT molecular complexity index is 883. The molecule has 0 amide bonds. The fourth-order valence-corrected chi connectivity index (χ4v) is 3.22. The van der Waals surface area contributed by atoms with Crippen molar-refractivity contribution in [1.82, 2.24) is 15.0 Å². The van der Waals surface area contributed by atoms with Gasteiger partial charge < -0.3 is 14.5 Å². The van der Waals surface area contributed by atoms with Crippen molar-refractivity contribution in [1.29, 1.82) is 0 Å². The van der Waals surface area contributed by atoms with Crippen molar-refractivity contribution >= 4 is 11.4 Å². The Morgan fingerprint density at radius 3 is 1.73 bits per heavy atom. The number of anilines is 2. The molecular weight excluding hydrogens is 326 g/mol. The topological polar surface area (TPSA) is 54.4 Å². The van der Waals surface area contributed by atoms with Gasteiger partial charge in [-0.3, -0.25) is 0 Å². The zero-order valence-corrected chi connectivity index (χ0v) is 15.3. The Hall–Kier alpha value is -3.15. The van der Waals surface area contributed by atoms with Crippen molar-refractivity contribution in [3.63, 3.8) is 0 Å². The third-order valence-electron chi connectivity index (χ3n) is 4.64. The average Bonchev–Trinajstić information content (AvgIpc) is 2.65. The van der Waals surface area contributed by atoms with E-state index in [1.54, 1.807) is 12.7 Å². The van der Waals surface area contributed by atoms with Crippen molar-refractivity contribution < 1.29 is 4.74 Å². The summed E-state index contributed by atoms with van der Waals surface area (Å²) in [6, 6.07) is 12.5. The fourth-order valence-electron chi connectivity index (χ4n) is 3.22. The van der Waals surface area contributed by atoms with E-state index in [9.17, 15) is 0 Å². The Balaban J connectivity index is 1.91. The Morgan fingerprint density at radius 2 is 1.27 bits per heavy atom. The van der Waals surface area contributed by atoms with E-state index in [2.05, 4.69) is 61.1 Å². The van der Waals surface area contributed by atoms with E-state index in [0.717, 1.165) is 39.8 Å². The summed E-state index contributed by atoms with van der Waals surface area (Å²) in [5.74, 6) is 2.32. The largest absolute Gasteiger partial charge is 0.457 e. The molecule has 1 aliphatic rings. The van der Waals surface area contributed by atoms with Gasteiger partial charge in [-0.05, 0) is 12.1 Å². The highest BCUT2D eigenvalue weighted by molar-refractivity contribution is 5.64. The normalized spacial score (nSPS) is 12.8. The molecule has 0 saturated heterocycles. The van der Waals surface area contributed by atoms with Crippen molar-refractivity contribution in [3.05, 3.63) is 66.0 Å². The van der Waals surface area contributed by atoms with Gasteiger partial charge in [0.15, 0.2) is 0 Å². The average molecular weight is 347 g/mol. The molecule has 0 radical (unpaired) electrons. The molecule has 2 heterocycles. The van der Waals surface area contributed by atoms with Gasteiger partial charge in [0.25, 0.3) is 0 Å². The minimum absolute atomic E-state index is 0.0795. The number of fused-ring (bicyclic) bond motifs is 2. The lowest BCUT2D eigenvalue weighted by Gasteiger charge is -2.29. The van der Waals surface area contributed by atoms with Crippen LogP contribution in [-0.4, -0.2) is 43.1 Å². The van der Waals surface area contributed by atoms with E-state index in [4.69, 9.17) is 4.74 Å². The van der Waals surface area contributed by atoms with E-state index in [-0.39, 0.29) is 5.92 Å². The first-order valence-electron chi connectivity index (χ1n) is 8.47. The molecule has 1 aromatic heterocycles. The van der Waals surface area contributed by atoms with Gasteiger partial charge in [0.05, 0.1) is 5.92 Å². The predicted molar refractivity (Wildman–Crippen MR) is 102 cm³/mol. The third-order valence-corrected chi connectivity index (χ3v) is 4.64. The molecule has 0 N–H and O–H groups in total. The standard InChI is InChI=1S/C20H21N5O/c1-24(2)13-5-7-15-17(9-13)26-18-10-14(25(3)4)6-8-16(18)19(15)20-22-11-21-12-23-20/h5-12,19H,1-4H3. The Labute approximate surface area is 153 Å². The molecule has 0 unspecified atom stereocenters. The van der Waals surface area contributed by atoms with Gasteiger partial charge in [0, 0.05) is 62.8 Å². The molecule has 0 aliphatic carbocycles. The number of rotatable bonds is 3. The summed E-state index contributed by atoms with van der Waals surface area (Å²) in [7, 11) is 8.08. The lowest BCUT2D eigenvalue weighted by molar-refractivity contribution is 0.450. The van der Waals surface area contributed by atoms with Gasteiger partial charge in [-0.25, -0.2) is 15.0 Å². The lowest BCUT2D eigenvalue weighted by Crippen LogP contribution is -2.17. The molecule has 0 atom stereocenters. The van der Waals surface area contributed by atoms with Gasteiger partial charge in [-0.15, -0.1) is 0 Å². The predicted octanol–water partition coefficient (Wildman–Crippen LogP) is 3.29. The molecule has 4 rings (SSSR count). The monoisotopic (exact) mass is 347 g/mol. The summed E-state index contributed by atoms with van der Waals surface area (Å²) in [5.41, 5.74) is 4.30. The van der Waals surface area contributed by atoms with Gasteiger partial charge in [-0.2, -0.15) is 0 Å². The van der Waals surface area contributed by atoms with E-state index in [0.29, 0.717) is 0 Å². The summed E-state index contributed by atoms with van der Waals surface area (Å²) < 4.78 is 6.29. The number of nitrogens with zero attached hydrogens (tertiary/aromatic N) is 5. The molecular formula is C20H21N5O. The maximum atomic E-state index is 6.29. The first kappa shape index (κ1) is 16.3. The van der Waals surface area contributed by atoms with Crippen molar-refractivity contribution in [3.8, 4) is 11.5 Å². The Morgan fingerprint density at radius 1 is 0.769 bits per heavy atom. The molecule has 2 aromatic carbocycles. The number of ether oxygens (including phenoxy) is 1. The van der Waals surface area contributed by atoms with Crippen molar-refractivity contribution in [2.45, 2.75) is 5.92 Å². The highest BCUT2D eigenvalue weighted by atomic mass is 16.5. The van der Waals surface area contributed by atoms with Crippen LogP contribution in [0.5, 0.6) is 11.5 Å². The number of hydrogen-bond acceptors (Lipinski definition) is 6. The first-order valence-corrected chi connectivity index (χ1v) is 8.47. The van der Waals surface area contributed by atoms with Crippen molar-refractivity contribution in [2.24, 2.45) is 0 Å². The molecule has 6 nitrogen and oxygen atoms in total. The van der Waals surface area contributed by atoms with Gasteiger partial charge in [-0.1, -0.05) is 12.1 Å². The molecule has 0 saturated carbocycles. The highest BCUT2D eigenvalue weighted by Crippen LogP contribution is 2.48. The van der Waals surface area contributed by atoms with Crippen LogP contribution in [0.4, 0.5) is 11.4 Å². The summed E-state index contributed by atoms with van der Waals surface area (Å²) in [5, 5.41) is 0. The van der Waals surface area contributed by atoms with Crippen LogP contribution >= 0.6 is 0 Å². The smallest absolute Gasteiger partial charge is 0.144 e. The summed E-state index contributed by atoms with van der Waals surface area (Å²) in [4.78, 5) is 16.9. The Kier molecular flexibility index (Phi) is 3.95. The van der Waals surface area contributed by atoms with Crippen LogP contribution in [0, 0.1) is 0 Å². The van der Waals surface area contributed by atoms with Crippen LogP contribution in [0.25, 0.3) is 0 Å². The number of hydrogen-bond donors (Lipinski definition) is 0. The van der Waals surface area contributed by atoms with E-state index >= 15 is 0 Å². The van der Waals surface area contributed by atoms with E-state index < -0.39 is 0 Å². The summed E-state index contributed by atoms with van der Waals surface area (Å²) in [6.07, 6.45) is 3.08. The third kappa shape index (κ3) is 2.73. The molecule has 132 valence electrons. The van der Waals surface area contributed by atoms with E-state index in [1.165, 1.54) is 0 Å². The first-order chi connectivity index (χ1) is 12.5. The van der Waals surface area contributed by atoms with Gasteiger partial charge >= 0.3 is 0 Å². The van der Waals surface area contributed by atoms with Crippen molar-refractivity contribution in [2.75, 3.05) is 38.0 Å². The van der Waals surface area contributed by atoms with Crippen LogP contribution < -0.4 is 14.5 Å². The fraction of sp³-hybridized carbons (Fsp3) is 0.250. The number of benzene rings is 2. The molecule has 1 aliphatic heterocycles. The molecule has 3 aromatic rings. The SMILES string of the molecule is CN(C)c1ccc2c(c1)Oc1cc(N(C)C)ccc1C2c1ncncn1.